The third-order valence-electron chi connectivity index (χ3n) is 9.02. The number of amides is 1. The molecule has 1 aliphatic heterocycles. The van der Waals surface area contributed by atoms with Crippen molar-refractivity contribution in [1.82, 2.24) is 20.0 Å². The number of nitrogens with one attached hydrogen (secondary N) is 1. The number of likely N-dealkylation sites (tertiary alicyclic amines) is 1. The topological polar surface area (TPSA) is 59.4 Å². The standard InChI is InChI=1S/C28H32N4O2/c1-17-18(2)23(34-4)11-10-22(17)19(3)32-25-12-13-28(25)24(16-26(28)32)30-27(33)20-6-8-21(9-7-20)31-15-5-14-29-31/h5-11,14-15,19,24-26H,12-13,16H2,1-4H3,(H,30,33). The Morgan fingerprint density at radius 1 is 1.15 bits per heavy atom. The second kappa shape index (κ2) is 7.70. The van der Waals surface area contributed by atoms with Gasteiger partial charge in [0.2, 0.25) is 0 Å². The van der Waals surface area contributed by atoms with E-state index in [1.165, 1.54) is 29.5 Å². The minimum atomic E-state index is 0.0311. The van der Waals surface area contributed by atoms with Crippen LogP contribution in [-0.2, 0) is 0 Å². The van der Waals surface area contributed by atoms with Gasteiger partial charge in [0.25, 0.3) is 5.91 Å². The summed E-state index contributed by atoms with van der Waals surface area (Å²) in [7, 11) is 1.74. The molecule has 6 rings (SSSR count). The lowest BCUT2D eigenvalue weighted by Crippen LogP contribution is -2.89. The Labute approximate surface area is 200 Å². The lowest BCUT2D eigenvalue weighted by Gasteiger charge is -2.80. The van der Waals surface area contributed by atoms with Crippen LogP contribution in [-0.4, -0.2) is 45.8 Å². The normalized spacial score (nSPS) is 27.9. The van der Waals surface area contributed by atoms with Crippen LogP contribution in [0.4, 0.5) is 0 Å². The van der Waals surface area contributed by atoms with Gasteiger partial charge in [0.05, 0.1) is 12.8 Å². The highest BCUT2D eigenvalue weighted by Gasteiger charge is 2.76. The number of benzene rings is 2. The highest BCUT2D eigenvalue weighted by molar-refractivity contribution is 5.94. The van der Waals surface area contributed by atoms with Crippen molar-refractivity contribution < 1.29 is 9.53 Å². The predicted molar refractivity (Wildman–Crippen MR) is 131 cm³/mol. The molecule has 2 heterocycles. The quantitative estimate of drug-likeness (QED) is 0.589. The fraction of sp³-hybridized carbons (Fsp3) is 0.429. The minimum absolute atomic E-state index is 0.0311. The fourth-order valence-corrected chi connectivity index (χ4v) is 6.91. The Morgan fingerprint density at radius 3 is 2.56 bits per heavy atom. The molecule has 6 nitrogen and oxygen atoms in total. The SMILES string of the molecule is COc1ccc(C(C)N2C3CCC34C(NC(=O)c3ccc(-n5cccn5)cc3)CC24)c(C)c1C. The van der Waals surface area contributed by atoms with E-state index in [9.17, 15) is 4.79 Å². The molecule has 5 atom stereocenters. The second-order valence-electron chi connectivity index (χ2n) is 10.2. The van der Waals surface area contributed by atoms with Crippen molar-refractivity contribution in [2.24, 2.45) is 5.41 Å². The lowest BCUT2D eigenvalue weighted by molar-refractivity contribution is -0.293. The van der Waals surface area contributed by atoms with E-state index in [1.54, 1.807) is 18.0 Å². The molecule has 1 aromatic heterocycles. The Kier molecular flexibility index (Phi) is 4.85. The monoisotopic (exact) mass is 456 g/mol. The van der Waals surface area contributed by atoms with E-state index in [1.807, 2.05) is 36.5 Å². The van der Waals surface area contributed by atoms with Gasteiger partial charge < -0.3 is 10.1 Å². The number of hydrogen-bond acceptors (Lipinski definition) is 4. The summed E-state index contributed by atoms with van der Waals surface area (Å²) >= 11 is 0. The largest absolute Gasteiger partial charge is 0.496 e. The first-order valence-corrected chi connectivity index (χ1v) is 12.3. The Hall–Kier alpha value is -3.12. The number of piperidine rings is 2. The Morgan fingerprint density at radius 2 is 1.94 bits per heavy atom. The number of rotatable bonds is 6. The first-order chi connectivity index (χ1) is 16.5. The lowest BCUT2D eigenvalue weighted by atomic mass is 9.39. The summed E-state index contributed by atoms with van der Waals surface area (Å²) in [6, 6.07) is 15.7. The molecular formula is C28H32N4O2. The van der Waals surface area contributed by atoms with E-state index in [2.05, 4.69) is 48.2 Å². The molecule has 5 unspecified atom stereocenters. The van der Waals surface area contributed by atoms with Crippen molar-refractivity contribution in [2.45, 2.75) is 64.2 Å². The molecule has 2 saturated carbocycles. The van der Waals surface area contributed by atoms with Crippen LogP contribution in [0.3, 0.4) is 0 Å². The van der Waals surface area contributed by atoms with E-state index in [4.69, 9.17) is 4.74 Å². The number of hydrogen-bond donors (Lipinski definition) is 1. The minimum Gasteiger partial charge on any atom is -0.496 e. The summed E-state index contributed by atoms with van der Waals surface area (Å²) in [5.41, 5.74) is 5.88. The smallest absolute Gasteiger partial charge is 0.251 e. The Bertz CT molecular complexity index is 1230. The van der Waals surface area contributed by atoms with E-state index in [-0.39, 0.29) is 17.4 Å². The van der Waals surface area contributed by atoms with Gasteiger partial charge in [-0.15, -0.1) is 0 Å². The van der Waals surface area contributed by atoms with E-state index in [0.717, 1.165) is 17.9 Å². The van der Waals surface area contributed by atoms with Gasteiger partial charge in [-0.25, -0.2) is 4.68 Å². The van der Waals surface area contributed by atoms with Crippen LogP contribution in [0.15, 0.2) is 54.9 Å². The third-order valence-corrected chi connectivity index (χ3v) is 9.02. The molecule has 176 valence electrons. The molecule has 2 aliphatic carbocycles. The van der Waals surface area contributed by atoms with Crippen LogP contribution in [0.1, 0.15) is 59.3 Å². The van der Waals surface area contributed by atoms with Crippen LogP contribution in [0.25, 0.3) is 5.69 Å². The summed E-state index contributed by atoms with van der Waals surface area (Å²) < 4.78 is 7.31. The van der Waals surface area contributed by atoms with Crippen molar-refractivity contribution in [3.8, 4) is 11.4 Å². The van der Waals surface area contributed by atoms with E-state index >= 15 is 0 Å². The van der Waals surface area contributed by atoms with Crippen molar-refractivity contribution >= 4 is 5.91 Å². The molecule has 1 N–H and O–H groups in total. The van der Waals surface area contributed by atoms with Crippen molar-refractivity contribution in [2.75, 3.05) is 7.11 Å². The summed E-state index contributed by atoms with van der Waals surface area (Å²) in [4.78, 5) is 15.7. The predicted octanol–water partition coefficient (Wildman–Crippen LogP) is 4.59. The van der Waals surface area contributed by atoms with Gasteiger partial charge in [-0.2, -0.15) is 5.10 Å². The zero-order valence-electron chi connectivity index (χ0n) is 20.3. The number of ether oxygens (including phenoxy) is 1. The average molecular weight is 457 g/mol. The number of methoxy groups -OCH3 is 1. The summed E-state index contributed by atoms with van der Waals surface area (Å²) in [6.07, 6.45) is 7.13. The molecule has 3 aliphatic rings. The van der Waals surface area contributed by atoms with Gasteiger partial charge in [-0.1, -0.05) is 6.07 Å². The molecule has 34 heavy (non-hydrogen) atoms. The molecule has 1 saturated heterocycles. The maximum absolute atomic E-state index is 13.0. The van der Waals surface area contributed by atoms with E-state index < -0.39 is 0 Å². The van der Waals surface area contributed by atoms with Gasteiger partial charge >= 0.3 is 0 Å². The molecule has 2 aromatic carbocycles. The third kappa shape index (κ3) is 2.84. The fourth-order valence-electron chi connectivity index (χ4n) is 6.91. The highest BCUT2D eigenvalue weighted by Crippen LogP contribution is 2.69. The maximum atomic E-state index is 13.0. The van der Waals surface area contributed by atoms with Gasteiger partial charge in [0.1, 0.15) is 5.75 Å². The first kappa shape index (κ1) is 21.4. The molecule has 3 aromatic rings. The van der Waals surface area contributed by atoms with Crippen molar-refractivity contribution in [1.29, 1.82) is 0 Å². The van der Waals surface area contributed by atoms with Gasteiger partial charge in [-0.05, 0) is 93.1 Å². The summed E-state index contributed by atoms with van der Waals surface area (Å²) in [5.74, 6) is 0.989. The molecule has 3 fully saturated rings. The number of aromatic nitrogens is 2. The van der Waals surface area contributed by atoms with Crippen LogP contribution in [0.2, 0.25) is 0 Å². The molecule has 1 spiro atoms. The van der Waals surface area contributed by atoms with Gasteiger partial charge in [-0.3, -0.25) is 9.69 Å². The molecule has 6 heteroatoms. The van der Waals surface area contributed by atoms with E-state index in [0.29, 0.717) is 23.7 Å². The first-order valence-electron chi connectivity index (χ1n) is 12.3. The van der Waals surface area contributed by atoms with Gasteiger partial charge in [0, 0.05) is 47.5 Å². The summed E-state index contributed by atoms with van der Waals surface area (Å²) in [6.45, 7) is 6.69. The van der Waals surface area contributed by atoms with Gasteiger partial charge in [0.15, 0.2) is 0 Å². The molecule has 0 radical (unpaired) electrons. The van der Waals surface area contributed by atoms with Crippen molar-refractivity contribution in [3.05, 3.63) is 77.1 Å². The molecule has 0 bridgehead atoms. The van der Waals surface area contributed by atoms with Crippen LogP contribution < -0.4 is 10.1 Å². The zero-order valence-corrected chi connectivity index (χ0v) is 20.3. The van der Waals surface area contributed by atoms with Crippen LogP contribution in [0.5, 0.6) is 5.75 Å². The molecular weight excluding hydrogens is 424 g/mol. The number of carbonyl (C=O) groups is 1. The maximum Gasteiger partial charge on any atom is 0.251 e. The number of nitrogens with zero attached hydrogens (tertiary/aromatic N) is 3. The van der Waals surface area contributed by atoms with Crippen molar-refractivity contribution in [3.63, 3.8) is 0 Å². The second-order valence-corrected chi connectivity index (χ2v) is 10.2. The van der Waals surface area contributed by atoms with Crippen LogP contribution in [0, 0.1) is 19.3 Å². The zero-order chi connectivity index (χ0) is 23.6. The Balaban J connectivity index is 1.14. The summed E-state index contributed by atoms with van der Waals surface area (Å²) in [5, 5.41) is 7.62. The average Bonchev–Trinajstić information content (AvgIpc) is 3.36. The van der Waals surface area contributed by atoms with Crippen LogP contribution >= 0.6 is 0 Å². The highest BCUT2D eigenvalue weighted by atomic mass is 16.5. The number of carbonyl (C=O) groups excluding carboxylic acids is 1. The molecule has 1 amide bonds.